The first-order chi connectivity index (χ1) is 11.0. The second kappa shape index (κ2) is 6.53. The van der Waals surface area contributed by atoms with Crippen LogP contribution in [-0.4, -0.2) is 43.0 Å². The molecule has 0 aliphatic carbocycles. The Hall–Kier alpha value is -1.53. The molecule has 1 N–H and O–H groups in total. The molecule has 0 radical (unpaired) electrons. The van der Waals surface area contributed by atoms with E-state index in [-0.39, 0.29) is 18.0 Å². The summed E-state index contributed by atoms with van der Waals surface area (Å²) in [6.45, 7) is 8.51. The summed E-state index contributed by atoms with van der Waals surface area (Å²) in [7, 11) is 0. The predicted octanol–water partition coefficient (Wildman–Crippen LogP) is 2.83. The number of urea groups is 1. The van der Waals surface area contributed by atoms with Gasteiger partial charge in [-0.05, 0) is 45.7 Å². The van der Waals surface area contributed by atoms with Crippen molar-refractivity contribution in [2.75, 3.05) is 26.3 Å². The lowest BCUT2D eigenvalue weighted by Gasteiger charge is -2.40. The molecule has 128 valence electrons. The summed E-state index contributed by atoms with van der Waals surface area (Å²) in [6.07, 6.45) is 1.99. The van der Waals surface area contributed by atoms with Crippen molar-refractivity contribution in [3.63, 3.8) is 0 Å². The molecular weight excluding hydrogens is 296 g/mol. The first kappa shape index (κ1) is 16.3. The maximum atomic E-state index is 12.5. The van der Waals surface area contributed by atoms with Crippen molar-refractivity contribution in [2.24, 2.45) is 5.92 Å². The van der Waals surface area contributed by atoms with Crippen molar-refractivity contribution in [1.29, 1.82) is 0 Å². The van der Waals surface area contributed by atoms with E-state index in [1.54, 1.807) is 0 Å². The summed E-state index contributed by atoms with van der Waals surface area (Å²) in [5.74, 6) is 1.29. The molecule has 2 saturated heterocycles. The number of rotatable bonds is 3. The largest absolute Gasteiger partial charge is 0.464 e. The number of carbonyl (C=O) groups excluding carboxylic acids is 1. The maximum Gasteiger partial charge on any atom is 0.317 e. The highest BCUT2D eigenvalue weighted by Crippen LogP contribution is 2.34. The highest BCUT2D eigenvalue weighted by atomic mass is 16.7. The standard InChI is InChI=1S/C17H26N2O4/c1-12-6-7-15(23-12)13(2)18-16(20)19-8-4-5-14(11-19)17(3)21-9-10-22-17/h6-7,13-14H,4-5,8-11H2,1-3H3,(H,18,20)/t13-,14-/m1/s1. The highest BCUT2D eigenvalue weighted by molar-refractivity contribution is 5.74. The summed E-state index contributed by atoms with van der Waals surface area (Å²) in [4.78, 5) is 14.4. The highest BCUT2D eigenvalue weighted by Gasteiger charge is 2.42. The molecule has 0 bridgehead atoms. The molecule has 2 fully saturated rings. The van der Waals surface area contributed by atoms with E-state index in [1.165, 1.54) is 0 Å². The lowest BCUT2D eigenvalue weighted by atomic mass is 9.90. The number of carbonyl (C=O) groups is 1. The van der Waals surface area contributed by atoms with Crippen LogP contribution in [-0.2, 0) is 9.47 Å². The van der Waals surface area contributed by atoms with Crippen LogP contribution in [0.25, 0.3) is 0 Å². The molecule has 6 heteroatoms. The molecule has 2 atom stereocenters. The third-order valence-corrected chi connectivity index (χ3v) is 4.84. The first-order valence-corrected chi connectivity index (χ1v) is 8.37. The number of nitrogens with zero attached hydrogens (tertiary/aromatic N) is 1. The Labute approximate surface area is 137 Å². The Bertz CT molecular complexity index is 551. The smallest absolute Gasteiger partial charge is 0.317 e. The average molecular weight is 322 g/mol. The normalized spacial score (nSPS) is 25.3. The summed E-state index contributed by atoms with van der Waals surface area (Å²) in [5.41, 5.74) is 0. The first-order valence-electron chi connectivity index (χ1n) is 8.37. The number of aryl methyl sites for hydroxylation is 1. The molecule has 2 aliphatic rings. The van der Waals surface area contributed by atoms with Gasteiger partial charge < -0.3 is 24.1 Å². The second-order valence-corrected chi connectivity index (χ2v) is 6.62. The van der Waals surface area contributed by atoms with E-state index < -0.39 is 5.79 Å². The van der Waals surface area contributed by atoms with E-state index in [4.69, 9.17) is 13.9 Å². The number of ether oxygens (including phenoxy) is 2. The Morgan fingerprint density at radius 3 is 2.78 bits per heavy atom. The van der Waals surface area contributed by atoms with Gasteiger partial charge in [-0.1, -0.05) is 0 Å². The van der Waals surface area contributed by atoms with Crippen molar-refractivity contribution in [1.82, 2.24) is 10.2 Å². The van der Waals surface area contributed by atoms with Gasteiger partial charge in [0.15, 0.2) is 5.79 Å². The minimum Gasteiger partial charge on any atom is -0.464 e. The van der Waals surface area contributed by atoms with Gasteiger partial charge in [0.05, 0.1) is 19.3 Å². The SMILES string of the molecule is Cc1ccc([C@@H](C)NC(=O)N2CCC[C@@H](C3(C)OCCO3)C2)o1. The van der Waals surface area contributed by atoms with Gasteiger partial charge in [0.2, 0.25) is 0 Å². The van der Waals surface area contributed by atoms with Crippen LogP contribution in [0.4, 0.5) is 4.79 Å². The Kier molecular flexibility index (Phi) is 4.64. The van der Waals surface area contributed by atoms with Gasteiger partial charge in [-0.15, -0.1) is 0 Å². The minimum absolute atomic E-state index is 0.0575. The van der Waals surface area contributed by atoms with Crippen LogP contribution in [0, 0.1) is 12.8 Å². The van der Waals surface area contributed by atoms with Crippen LogP contribution in [0.2, 0.25) is 0 Å². The molecule has 1 aromatic heterocycles. The van der Waals surface area contributed by atoms with Crippen LogP contribution in [0.15, 0.2) is 16.5 Å². The van der Waals surface area contributed by atoms with E-state index in [1.807, 2.05) is 37.8 Å². The topological polar surface area (TPSA) is 63.9 Å². The van der Waals surface area contributed by atoms with E-state index in [0.29, 0.717) is 19.8 Å². The van der Waals surface area contributed by atoms with E-state index in [0.717, 1.165) is 30.9 Å². The average Bonchev–Trinajstić information content (AvgIpc) is 3.17. The van der Waals surface area contributed by atoms with Crippen molar-refractivity contribution in [3.8, 4) is 0 Å². The van der Waals surface area contributed by atoms with E-state index in [2.05, 4.69) is 5.32 Å². The Morgan fingerprint density at radius 2 is 2.13 bits per heavy atom. The molecular formula is C17H26N2O4. The molecule has 0 aromatic carbocycles. The van der Waals surface area contributed by atoms with Crippen LogP contribution in [0.3, 0.4) is 0 Å². The van der Waals surface area contributed by atoms with Gasteiger partial charge >= 0.3 is 6.03 Å². The van der Waals surface area contributed by atoms with Gasteiger partial charge in [-0.2, -0.15) is 0 Å². The van der Waals surface area contributed by atoms with E-state index in [9.17, 15) is 4.79 Å². The number of hydrogen-bond acceptors (Lipinski definition) is 4. The fourth-order valence-corrected chi connectivity index (χ4v) is 3.39. The molecule has 3 heterocycles. The number of furan rings is 1. The van der Waals surface area contributed by atoms with Crippen LogP contribution in [0.5, 0.6) is 0 Å². The van der Waals surface area contributed by atoms with Gasteiger partial charge in [0.1, 0.15) is 11.5 Å². The number of likely N-dealkylation sites (tertiary alicyclic amines) is 1. The van der Waals surface area contributed by atoms with Gasteiger partial charge in [-0.25, -0.2) is 4.79 Å². The monoisotopic (exact) mass is 322 g/mol. The van der Waals surface area contributed by atoms with Crippen LogP contribution in [0.1, 0.15) is 44.3 Å². The predicted molar refractivity (Wildman–Crippen MR) is 85.0 cm³/mol. The zero-order valence-electron chi connectivity index (χ0n) is 14.1. The fraction of sp³-hybridized carbons (Fsp3) is 0.706. The lowest BCUT2D eigenvalue weighted by molar-refractivity contribution is -0.189. The molecule has 2 aliphatic heterocycles. The third-order valence-electron chi connectivity index (χ3n) is 4.84. The molecule has 1 aromatic rings. The number of amides is 2. The quantitative estimate of drug-likeness (QED) is 0.929. The van der Waals surface area contributed by atoms with Gasteiger partial charge in [0.25, 0.3) is 0 Å². The number of hydrogen-bond donors (Lipinski definition) is 1. The van der Waals surface area contributed by atoms with Gasteiger partial charge in [-0.3, -0.25) is 0 Å². The van der Waals surface area contributed by atoms with Crippen molar-refractivity contribution < 1.29 is 18.7 Å². The molecule has 2 amide bonds. The van der Waals surface area contributed by atoms with Crippen molar-refractivity contribution in [3.05, 3.63) is 23.7 Å². The number of piperidine rings is 1. The van der Waals surface area contributed by atoms with Crippen molar-refractivity contribution in [2.45, 2.75) is 45.4 Å². The minimum atomic E-state index is -0.553. The van der Waals surface area contributed by atoms with Gasteiger partial charge in [0, 0.05) is 19.0 Å². The lowest BCUT2D eigenvalue weighted by Crippen LogP contribution is -2.51. The summed E-state index contributed by atoms with van der Waals surface area (Å²) >= 11 is 0. The fourth-order valence-electron chi connectivity index (χ4n) is 3.39. The molecule has 0 unspecified atom stereocenters. The summed E-state index contributed by atoms with van der Waals surface area (Å²) in [5, 5.41) is 3.01. The Morgan fingerprint density at radius 1 is 1.39 bits per heavy atom. The molecule has 0 spiro atoms. The zero-order chi connectivity index (χ0) is 16.4. The maximum absolute atomic E-state index is 12.5. The second-order valence-electron chi connectivity index (χ2n) is 6.62. The number of nitrogens with one attached hydrogen (secondary N) is 1. The van der Waals surface area contributed by atoms with Crippen LogP contribution >= 0.6 is 0 Å². The Balaban J connectivity index is 1.58. The summed E-state index contributed by atoms with van der Waals surface area (Å²) in [6, 6.07) is 3.61. The van der Waals surface area contributed by atoms with Crippen molar-refractivity contribution >= 4 is 6.03 Å². The van der Waals surface area contributed by atoms with Crippen LogP contribution < -0.4 is 5.32 Å². The zero-order valence-corrected chi connectivity index (χ0v) is 14.1. The summed E-state index contributed by atoms with van der Waals surface area (Å²) < 4.78 is 17.1. The molecule has 6 nitrogen and oxygen atoms in total. The third kappa shape index (κ3) is 3.53. The molecule has 23 heavy (non-hydrogen) atoms. The molecule has 0 saturated carbocycles. The molecule has 3 rings (SSSR count). The van der Waals surface area contributed by atoms with E-state index >= 15 is 0 Å².